The maximum Gasteiger partial charge on any atom is 0.259 e. The van der Waals surface area contributed by atoms with E-state index in [1.54, 1.807) is 36.4 Å². The highest BCUT2D eigenvalue weighted by Gasteiger charge is 2.14. The molecule has 6 heteroatoms. The first kappa shape index (κ1) is 14.7. The van der Waals surface area contributed by atoms with Crippen LogP contribution in [0.4, 0.5) is 11.4 Å². The van der Waals surface area contributed by atoms with E-state index in [4.69, 9.17) is 22.1 Å². The molecule has 0 aromatic heterocycles. The lowest BCUT2D eigenvalue weighted by molar-refractivity contribution is 0.102. The van der Waals surface area contributed by atoms with E-state index >= 15 is 0 Å². The molecule has 0 aliphatic carbocycles. The van der Waals surface area contributed by atoms with Gasteiger partial charge in [0, 0.05) is 9.50 Å². The number of rotatable bonds is 3. The van der Waals surface area contributed by atoms with Crippen molar-refractivity contribution in [1.29, 1.82) is 0 Å². The van der Waals surface area contributed by atoms with Crippen LogP contribution < -0.4 is 15.8 Å². The van der Waals surface area contributed by atoms with Gasteiger partial charge in [0.2, 0.25) is 0 Å². The van der Waals surface area contributed by atoms with Crippen molar-refractivity contribution in [1.82, 2.24) is 0 Å². The van der Waals surface area contributed by atoms with Crippen molar-refractivity contribution in [3.8, 4) is 5.75 Å². The molecule has 104 valence electrons. The largest absolute Gasteiger partial charge is 0.496 e. The number of nitrogen functional groups attached to an aromatic ring is 1. The number of benzene rings is 2. The fraction of sp³-hybridized carbons (Fsp3) is 0.0714. The lowest BCUT2D eigenvalue weighted by atomic mass is 10.1. The first-order chi connectivity index (χ1) is 9.51. The fourth-order valence-electron chi connectivity index (χ4n) is 1.69. The third kappa shape index (κ3) is 3.23. The van der Waals surface area contributed by atoms with Gasteiger partial charge in [-0.05, 0) is 36.4 Å². The highest BCUT2D eigenvalue weighted by atomic mass is 79.9. The highest BCUT2D eigenvalue weighted by Crippen LogP contribution is 2.27. The van der Waals surface area contributed by atoms with Crippen molar-refractivity contribution in [2.75, 3.05) is 18.2 Å². The summed E-state index contributed by atoms with van der Waals surface area (Å²) >= 11 is 9.18. The Morgan fingerprint density at radius 2 is 2.05 bits per heavy atom. The molecule has 2 aromatic rings. The first-order valence-electron chi connectivity index (χ1n) is 5.71. The van der Waals surface area contributed by atoms with Gasteiger partial charge in [-0.3, -0.25) is 4.79 Å². The Balaban J connectivity index is 2.28. The first-order valence-corrected chi connectivity index (χ1v) is 6.88. The second-order valence-electron chi connectivity index (χ2n) is 4.03. The van der Waals surface area contributed by atoms with E-state index in [9.17, 15) is 4.79 Å². The van der Waals surface area contributed by atoms with Gasteiger partial charge in [-0.25, -0.2) is 0 Å². The Morgan fingerprint density at radius 3 is 2.70 bits per heavy atom. The molecular weight excluding hydrogens is 344 g/mol. The highest BCUT2D eigenvalue weighted by molar-refractivity contribution is 9.10. The monoisotopic (exact) mass is 354 g/mol. The van der Waals surface area contributed by atoms with Crippen molar-refractivity contribution in [2.24, 2.45) is 0 Å². The number of ether oxygens (including phenoxy) is 1. The summed E-state index contributed by atoms with van der Waals surface area (Å²) < 4.78 is 5.99. The van der Waals surface area contributed by atoms with E-state index in [-0.39, 0.29) is 5.91 Å². The van der Waals surface area contributed by atoms with Crippen LogP contribution in [0.3, 0.4) is 0 Å². The summed E-state index contributed by atoms with van der Waals surface area (Å²) in [6.07, 6.45) is 0. The molecule has 0 aliphatic heterocycles. The minimum atomic E-state index is -0.312. The molecule has 0 fully saturated rings. The molecule has 2 aromatic carbocycles. The van der Waals surface area contributed by atoms with Gasteiger partial charge < -0.3 is 15.8 Å². The normalized spacial score (nSPS) is 10.2. The molecule has 0 saturated heterocycles. The summed E-state index contributed by atoms with van der Waals surface area (Å²) in [6.45, 7) is 0. The van der Waals surface area contributed by atoms with Crippen LogP contribution in [0.2, 0.25) is 5.02 Å². The smallest absolute Gasteiger partial charge is 0.259 e. The van der Waals surface area contributed by atoms with Gasteiger partial charge in [-0.2, -0.15) is 0 Å². The van der Waals surface area contributed by atoms with Gasteiger partial charge in [0.1, 0.15) is 5.75 Å². The molecule has 1 amide bonds. The second-order valence-corrected chi connectivity index (χ2v) is 5.38. The lowest BCUT2D eigenvalue weighted by Crippen LogP contribution is -2.14. The van der Waals surface area contributed by atoms with Gasteiger partial charge >= 0.3 is 0 Å². The third-order valence-corrected chi connectivity index (χ3v) is 3.40. The van der Waals surface area contributed by atoms with Crippen LogP contribution in [-0.2, 0) is 0 Å². The standard InChI is InChI=1S/C14H12BrClN2O2/c1-20-13-7-9(16)3-4-10(13)14(19)18-12-5-2-8(15)6-11(12)17/h2-7H,17H2,1H3,(H,18,19). The number of hydrogen-bond acceptors (Lipinski definition) is 3. The molecule has 0 unspecified atom stereocenters. The van der Waals surface area contributed by atoms with Crippen molar-refractivity contribution in [3.63, 3.8) is 0 Å². The summed E-state index contributed by atoms with van der Waals surface area (Å²) in [6, 6.07) is 10.1. The Hall–Kier alpha value is -1.72. The molecule has 0 radical (unpaired) electrons. The number of amides is 1. The van der Waals surface area contributed by atoms with E-state index in [1.165, 1.54) is 7.11 Å². The number of carbonyl (C=O) groups excluding carboxylic acids is 1. The fourth-order valence-corrected chi connectivity index (χ4v) is 2.23. The Kier molecular flexibility index (Phi) is 4.52. The number of carbonyl (C=O) groups is 1. The summed E-state index contributed by atoms with van der Waals surface area (Å²) in [5, 5.41) is 3.24. The van der Waals surface area contributed by atoms with Gasteiger partial charge in [0.15, 0.2) is 0 Å². The molecule has 0 aliphatic rings. The van der Waals surface area contributed by atoms with Crippen LogP contribution in [0.25, 0.3) is 0 Å². The Labute approximate surface area is 130 Å². The van der Waals surface area contributed by atoms with Crippen LogP contribution in [0.15, 0.2) is 40.9 Å². The van der Waals surface area contributed by atoms with Gasteiger partial charge in [0.25, 0.3) is 5.91 Å². The van der Waals surface area contributed by atoms with E-state index in [0.29, 0.717) is 27.7 Å². The van der Waals surface area contributed by atoms with Gasteiger partial charge in [-0.1, -0.05) is 27.5 Å². The zero-order valence-electron chi connectivity index (χ0n) is 10.6. The van der Waals surface area contributed by atoms with Crippen LogP contribution in [0, 0.1) is 0 Å². The number of methoxy groups -OCH3 is 1. The minimum absolute atomic E-state index is 0.312. The van der Waals surface area contributed by atoms with Crippen LogP contribution in [0.5, 0.6) is 5.75 Å². The average molecular weight is 356 g/mol. The SMILES string of the molecule is COc1cc(Cl)ccc1C(=O)Nc1ccc(Br)cc1N. The Bertz CT molecular complexity index is 662. The predicted molar refractivity (Wildman–Crippen MR) is 84.5 cm³/mol. The molecule has 2 rings (SSSR count). The molecule has 0 heterocycles. The van der Waals surface area contributed by atoms with Crippen LogP contribution in [-0.4, -0.2) is 13.0 Å². The molecule has 4 nitrogen and oxygen atoms in total. The minimum Gasteiger partial charge on any atom is -0.496 e. The number of halogens is 2. The van der Waals surface area contributed by atoms with Crippen LogP contribution >= 0.6 is 27.5 Å². The maximum atomic E-state index is 12.2. The van der Waals surface area contributed by atoms with Crippen LogP contribution in [0.1, 0.15) is 10.4 Å². The molecule has 0 saturated carbocycles. The van der Waals surface area contributed by atoms with Gasteiger partial charge in [0.05, 0.1) is 24.0 Å². The maximum absolute atomic E-state index is 12.2. The molecule has 3 N–H and O–H groups in total. The quantitative estimate of drug-likeness (QED) is 0.820. The van der Waals surface area contributed by atoms with Crippen molar-refractivity contribution < 1.29 is 9.53 Å². The van der Waals surface area contributed by atoms with Crippen molar-refractivity contribution >= 4 is 44.8 Å². The lowest BCUT2D eigenvalue weighted by Gasteiger charge is -2.11. The topological polar surface area (TPSA) is 64.3 Å². The van der Waals surface area contributed by atoms with Crippen molar-refractivity contribution in [2.45, 2.75) is 0 Å². The van der Waals surface area contributed by atoms with E-state index in [1.807, 2.05) is 0 Å². The van der Waals surface area contributed by atoms with E-state index in [2.05, 4.69) is 21.2 Å². The summed E-state index contributed by atoms with van der Waals surface area (Å²) in [5.74, 6) is 0.0956. The Morgan fingerprint density at radius 1 is 1.30 bits per heavy atom. The molecule has 0 bridgehead atoms. The predicted octanol–water partition coefficient (Wildman–Crippen LogP) is 3.95. The van der Waals surface area contributed by atoms with E-state index in [0.717, 1.165) is 4.47 Å². The van der Waals surface area contributed by atoms with Gasteiger partial charge in [-0.15, -0.1) is 0 Å². The second kappa shape index (κ2) is 6.15. The van der Waals surface area contributed by atoms with Crippen molar-refractivity contribution in [3.05, 3.63) is 51.5 Å². The average Bonchev–Trinajstić information content (AvgIpc) is 2.41. The third-order valence-electron chi connectivity index (χ3n) is 2.67. The molecule has 20 heavy (non-hydrogen) atoms. The number of anilines is 2. The number of nitrogens with two attached hydrogens (primary N) is 1. The molecule has 0 atom stereocenters. The summed E-state index contributed by atoms with van der Waals surface area (Å²) in [5.41, 5.74) is 7.24. The summed E-state index contributed by atoms with van der Waals surface area (Å²) in [4.78, 5) is 12.2. The zero-order chi connectivity index (χ0) is 14.7. The number of nitrogens with one attached hydrogen (secondary N) is 1. The molecular formula is C14H12BrClN2O2. The molecule has 0 spiro atoms. The van der Waals surface area contributed by atoms with E-state index < -0.39 is 0 Å². The zero-order valence-corrected chi connectivity index (χ0v) is 13.0. The number of hydrogen-bond donors (Lipinski definition) is 2. The summed E-state index contributed by atoms with van der Waals surface area (Å²) in [7, 11) is 1.48.